The summed E-state index contributed by atoms with van der Waals surface area (Å²) in [5.74, 6) is -1.28. The lowest BCUT2D eigenvalue weighted by atomic mass is 10.2. The zero-order valence-electron chi connectivity index (χ0n) is 11.2. The van der Waals surface area contributed by atoms with Crippen molar-refractivity contribution in [1.29, 1.82) is 0 Å². The Morgan fingerprint density at radius 1 is 1.40 bits per heavy atom. The van der Waals surface area contributed by atoms with E-state index in [1.165, 1.54) is 11.8 Å². The second-order valence-electron chi connectivity index (χ2n) is 4.45. The maximum Gasteiger partial charge on any atom is 0.328 e. The van der Waals surface area contributed by atoms with Crippen molar-refractivity contribution in [1.82, 2.24) is 10.2 Å². The molecule has 0 aliphatic carbocycles. The summed E-state index contributed by atoms with van der Waals surface area (Å²) in [5.41, 5.74) is 0.897. The van der Waals surface area contributed by atoms with Crippen LogP contribution in [-0.2, 0) is 11.3 Å². The Kier molecular flexibility index (Phi) is 5.97. The summed E-state index contributed by atoms with van der Waals surface area (Å²) in [6, 6.07) is 5.54. The number of nitrogens with zero attached hydrogens (tertiary/aromatic N) is 1. The van der Waals surface area contributed by atoms with Crippen molar-refractivity contribution in [2.45, 2.75) is 25.6 Å². The first kappa shape index (κ1) is 16.5. The number of nitrogens with one attached hydrogen (secondary N) is 1. The molecule has 1 aromatic carbocycles. The monoisotopic (exact) mass is 344 g/mol. The molecule has 0 aliphatic heterocycles. The van der Waals surface area contributed by atoms with Crippen LogP contribution in [-0.4, -0.2) is 46.3 Å². The lowest BCUT2D eigenvalue weighted by molar-refractivity contribution is -0.141. The van der Waals surface area contributed by atoms with Crippen molar-refractivity contribution in [2.24, 2.45) is 0 Å². The number of carbonyl (C=O) groups is 2. The molecule has 3 N–H and O–H groups in total. The molecule has 0 spiro atoms. The summed E-state index contributed by atoms with van der Waals surface area (Å²) in [4.78, 5) is 24.2. The summed E-state index contributed by atoms with van der Waals surface area (Å²) in [6.07, 6.45) is -1.17. The molecule has 0 heterocycles. The molecule has 0 radical (unpaired) electrons. The first-order valence-electron chi connectivity index (χ1n) is 5.99. The second kappa shape index (κ2) is 7.25. The van der Waals surface area contributed by atoms with E-state index in [9.17, 15) is 14.7 Å². The summed E-state index contributed by atoms with van der Waals surface area (Å²) in [5, 5.41) is 20.5. The molecule has 6 nitrogen and oxygen atoms in total. The highest BCUT2D eigenvalue weighted by Gasteiger charge is 2.26. The Bertz CT molecular complexity index is 493. The smallest absolute Gasteiger partial charge is 0.328 e. The fraction of sp³-hybridized carbons (Fsp3) is 0.385. The SMILES string of the molecule is CC(O)C(NC(=O)N(C)Cc1ccccc1Br)C(=O)O. The van der Waals surface area contributed by atoms with E-state index in [-0.39, 0.29) is 0 Å². The number of amides is 2. The number of carbonyl (C=O) groups excluding carboxylic acids is 1. The number of carboxylic acid groups (broad SMARTS) is 1. The van der Waals surface area contributed by atoms with Gasteiger partial charge in [0.05, 0.1) is 6.10 Å². The Morgan fingerprint density at radius 3 is 2.50 bits per heavy atom. The number of hydrogen-bond donors (Lipinski definition) is 3. The lowest BCUT2D eigenvalue weighted by Crippen LogP contribution is -2.51. The molecule has 1 aromatic rings. The fourth-order valence-electron chi connectivity index (χ4n) is 1.59. The largest absolute Gasteiger partial charge is 0.480 e. The van der Waals surface area contributed by atoms with Crippen LogP contribution in [0.25, 0.3) is 0 Å². The standard InChI is InChI=1S/C13H17BrN2O4/c1-8(17)11(12(18)19)15-13(20)16(2)7-9-5-3-4-6-10(9)14/h3-6,8,11,17H,7H2,1-2H3,(H,15,20)(H,18,19). The number of hydrogen-bond acceptors (Lipinski definition) is 3. The van der Waals surface area contributed by atoms with E-state index in [4.69, 9.17) is 5.11 Å². The predicted octanol–water partition coefficient (Wildman–Crippen LogP) is 1.42. The number of benzene rings is 1. The van der Waals surface area contributed by atoms with Crippen LogP contribution in [0.5, 0.6) is 0 Å². The average Bonchev–Trinajstić information content (AvgIpc) is 2.37. The van der Waals surface area contributed by atoms with E-state index in [0.717, 1.165) is 10.0 Å². The third kappa shape index (κ3) is 4.50. The zero-order valence-corrected chi connectivity index (χ0v) is 12.8. The van der Waals surface area contributed by atoms with Crippen LogP contribution in [0.1, 0.15) is 12.5 Å². The van der Waals surface area contributed by atoms with Gasteiger partial charge < -0.3 is 20.4 Å². The Morgan fingerprint density at radius 2 is 2.00 bits per heavy atom. The van der Waals surface area contributed by atoms with Gasteiger partial charge in [-0.15, -0.1) is 0 Å². The van der Waals surface area contributed by atoms with Gasteiger partial charge in [0.2, 0.25) is 0 Å². The van der Waals surface area contributed by atoms with Crippen LogP contribution >= 0.6 is 15.9 Å². The van der Waals surface area contributed by atoms with Gasteiger partial charge in [0.15, 0.2) is 6.04 Å². The Labute approximate surface area is 125 Å². The Hall–Kier alpha value is -1.60. The van der Waals surface area contributed by atoms with Gasteiger partial charge in [-0.1, -0.05) is 34.1 Å². The van der Waals surface area contributed by atoms with E-state index in [0.29, 0.717) is 6.54 Å². The number of rotatable bonds is 5. The van der Waals surface area contributed by atoms with Gasteiger partial charge in [-0.2, -0.15) is 0 Å². The molecule has 0 saturated heterocycles. The minimum Gasteiger partial charge on any atom is -0.480 e. The van der Waals surface area contributed by atoms with E-state index < -0.39 is 24.1 Å². The third-order valence-corrected chi connectivity index (χ3v) is 3.51. The van der Waals surface area contributed by atoms with Crippen molar-refractivity contribution in [3.8, 4) is 0 Å². The molecule has 0 aromatic heterocycles. The van der Waals surface area contributed by atoms with E-state index in [1.54, 1.807) is 7.05 Å². The zero-order chi connectivity index (χ0) is 15.3. The molecule has 20 heavy (non-hydrogen) atoms. The van der Waals surface area contributed by atoms with Crippen molar-refractivity contribution >= 4 is 27.9 Å². The van der Waals surface area contributed by atoms with Gasteiger partial charge in [-0.25, -0.2) is 9.59 Å². The number of carboxylic acids is 1. The average molecular weight is 345 g/mol. The number of urea groups is 1. The minimum atomic E-state index is -1.33. The lowest BCUT2D eigenvalue weighted by Gasteiger charge is -2.23. The molecule has 1 rings (SSSR count). The van der Waals surface area contributed by atoms with Crippen LogP contribution in [0.2, 0.25) is 0 Å². The van der Waals surface area contributed by atoms with Crippen LogP contribution < -0.4 is 5.32 Å². The maximum absolute atomic E-state index is 11.9. The quantitative estimate of drug-likeness (QED) is 0.753. The molecule has 0 aliphatic rings. The van der Waals surface area contributed by atoms with Gasteiger partial charge in [-0.3, -0.25) is 0 Å². The van der Waals surface area contributed by atoms with Gasteiger partial charge in [0, 0.05) is 18.1 Å². The molecule has 0 fully saturated rings. The van der Waals surface area contributed by atoms with Gasteiger partial charge in [-0.05, 0) is 18.6 Å². The van der Waals surface area contributed by atoms with E-state index >= 15 is 0 Å². The second-order valence-corrected chi connectivity index (χ2v) is 5.31. The molecule has 2 atom stereocenters. The van der Waals surface area contributed by atoms with Gasteiger partial charge >= 0.3 is 12.0 Å². The molecular formula is C13H17BrN2O4. The predicted molar refractivity (Wildman–Crippen MR) is 77.2 cm³/mol. The topological polar surface area (TPSA) is 89.9 Å². The van der Waals surface area contributed by atoms with Crippen molar-refractivity contribution in [3.63, 3.8) is 0 Å². The molecule has 7 heteroatoms. The highest BCUT2D eigenvalue weighted by atomic mass is 79.9. The normalized spacial score (nSPS) is 13.4. The first-order chi connectivity index (χ1) is 9.32. The summed E-state index contributed by atoms with van der Waals surface area (Å²) in [7, 11) is 1.55. The summed E-state index contributed by atoms with van der Waals surface area (Å²) >= 11 is 3.38. The fourth-order valence-corrected chi connectivity index (χ4v) is 2.00. The molecule has 2 unspecified atom stereocenters. The van der Waals surface area contributed by atoms with Gasteiger partial charge in [0.1, 0.15) is 0 Å². The van der Waals surface area contributed by atoms with E-state index in [2.05, 4.69) is 21.2 Å². The highest BCUT2D eigenvalue weighted by molar-refractivity contribution is 9.10. The number of halogens is 1. The number of aliphatic carboxylic acids is 1. The van der Waals surface area contributed by atoms with Crippen molar-refractivity contribution in [3.05, 3.63) is 34.3 Å². The van der Waals surface area contributed by atoms with Crippen LogP contribution in [0, 0.1) is 0 Å². The van der Waals surface area contributed by atoms with Gasteiger partial charge in [0.25, 0.3) is 0 Å². The first-order valence-corrected chi connectivity index (χ1v) is 6.78. The van der Waals surface area contributed by atoms with Crippen LogP contribution in [0.15, 0.2) is 28.7 Å². The molecule has 0 bridgehead atoms. The highest BCUT2D eigenvalue weighted by Crippen LogP contribution is 2.17. The van der Waals surface area contributed by atoms with Crippen molar-refractivity contribution in [2.75, 3.05) is 7.05 Å². The third-order valence-electron chi connectivity index (χ3n) is 2.74. The maximum atomic E-state index is 11.9. The van der Waals surface area contributed by atoms with E-state index in [1.807, 2.05) is 24.3 Å². The molecule has 2 amide bonds. The van der Waals surface area contributed by atoms with Crippen LogP contribution in [0.4, 0.5) is 4.79 Å². The summed E-state index contributed by atoms with van der Waals surface area (Å²) in [6.45, 7) is 1.63. The number of aliphatic hydroxyl groups is 1. The number of aliphatic hydroxyl groups excluding tert-OH is 1. The minimum absolute atomic E-state index is 0.319. The Balaban J connectivity index is 2.68. The molecular weight excluding hydrogens is 328 g/mol. The van der Waals surface area contributed by atoms with Crippen LogP contribution in [0.3, 0.4) is 0 Å². The summed E-state index contributed by atoms with van der Waals surface area (Å²) < 4.78 is 0.866. The molecule has 0 saturated carbocycles. The molecule has 110 valence electrons. The van der Waals surface area contributed by atoms with Crippen molar-refractivity contribution < 1.29 is 19.8 Å².